The standard InChI is InChI=1S/C25H21ClFN3O2/c1-16-6-11-23-18(12-16)13-19(24(31)29-23)15-30(14-17-4-2-3-5-22(17)26)25(32)28-21-9-7-20(27)8-10-21/h2-13H,14-15H2,1H3,(H,28,32)(H,29,31). The van der Waals surface area contributed by atoms with Gasteiger partial charge in [-0.05, 0) is 66.4 Å². The average molecular weight is 450 g/mol. The number of urea groups is 1. The molecule has 0 unspecified atom stereocenters. The lowest BCUT2D eigenvalue weighted by Crippen LogP contribution is -2.35. The van der Waals surface area contributed by atoms with Crippen LogP contribution in [0.4, 0.5) is 14.9 Å². The molecule has 2 N–H and O–H groups in total. The van der Waals surface area contributed by atoms with E-state index in [2.05, 4.69) is 10.3 Å². The zero-order valence-corrected chi connectivity index (χ0v) is 18.1. The molecule has 0 atom stereocenters. The number of carbonyl (C=O) groups is 1. The molecule has 32 heavy (non-hydrogen) atoms. The highest BCUT2D eigenvalue weighted by Crippen LogP contribution is 2.20. The van der Waals surface area contributed by atoms with Crippen LogP contribution in [0, 0.1) is 12.7 Å². The Morgan fingerprint density at radius 1 is 1.00 bits per heavy atom. The van der Waals surface area contributed by atoms with Gasteiger partial charge in [-0.1, -0.05) is 41.4 Å². The normalized spacial score (nSPS) is 10.8. The maximum atomic E-state index is 13.2. The van der Waals surface area contributed by atoms with E-state index in [1.54, 1.807) is 12.1 Å². The summed E-state index contributed by atoms with van der Waals surface area (Å²) >= 11 is 6.31. The first-order valence-corrected chi connectivity index (χ1v) is 10.4. The highest BCUT2D eigenvalue weighted by Gasteiger charge is 2.18. The van der Waals surface area contributed by atoms with Crippen LogP contribution in [0.25, 0.3) is 10.9 Å². The van der Waals surface area contributed by atoms with Gasteiger partial charge in [-0.15, -0.1) is 0 Å². The van der Waals surface area contributed by atoms with E-state index >= 15 is 0 Å². The molecule has 0 radical (unpaired) electrons. The van der Waals surface area contributed by atoms with E-state index < -0.39 is 11.8 Å². The fourth-order valence-corrected chi connectivity index (χ4v) is 3.66. The van der Waals surface area contributed by atoms with Crippen LogP contribution < -0.4 is 10.9 Å². The molecule has 162 valence electrons. The molecule has 1 aromatic heterocycles. The average Bonchev–Trinajstić information content (AvgIpc) is 2.77. The molecule has 0 spiro atoms. The molecule has 0 fully saturated rings. The van der Waals surface area contributed by atoms with Crippen LogP contribution in [0.1, 0.15) is 16.7 Å². The zero-order chi connectivity index (χ0) is 22.7. The molecule has 4 rings (SSSR count). The molecule has 0 saturated heterocycles. The maximum absolute atomic E-state index is 13.2. The summed E-state index contributed by atoms with van der Waals surface area (Å²) in [6, 6.07) is 19.9. The summed E-state index contributed by atoms with van der Waals surface area (Å²) in [7, 11) is 0. The first-order chi connectivity index (χ1) is 15.4. The van der Waals surface area contributed by atoms with E-state index in [4.69, 9.17) is 11.6 Å². The second-order valence-electron chi connectivity index (χ2n) is 7.60. The van der Waals surface area contributed by atoms with Gasteiger partial charge in [0.2, 0.25) is 0 Å². The number of aromatic amines is 1. The number of fused-ring (bicyclic) bond motifs is 1. The van der Waals surface area contributed by atoms with Gasteiger partial charge < -0.3 is 15.2 Å². The lowest BCUT2D eigenvalue weighted by Gasteiger charge is -2.24. The first kappa shape index (κ1) is 21.6. The van der Waals surface area contributed by atoms with E-state index in [-0.39, 0.29) is 18.6 Å². The Kier molecular flexibility index (Phi) is 6.23. The van der Waals surface area contributed by atoms with Gasteiger partial charge in [0.15, 0.2) is 0 Å². The monoisotopic (exact) mass is 449 g/mol. The Morgan fingerprint density at radius 2 is 1.72 bits per heavy atom. The minimum absolute atomic E-state index is 0.0669. The fourth-order valence-electron chi connectivity index (χ4n) is 3.46. The van der Waals surface area contributed by atoms with Crippen molar-refractivity contribution in [3.8, 4) is 0 Å². The number of aromatic nitrogens is 1. The van der Waals surface area contributed by atoms with Gasteiger partial charge in [0.25, 0.3) is 5.56 Å². The summed E-state index contributed by atoms with van der Waals surface area (Å²) in [5.74, 6) is -0.395. The van der Waals surface area contributed by atoms with Crippen LogP contribution in [-0.4, -0.2) is 15.9 Å². The SMILES string of the molecule is Cc1ccc2[nH]c(=O)c(CN(Cc3ccccc3Cl)C(=O)Nc3ccc(F)cc3)cc2c1. The van der Waals surface area contributed by atoms with Gasteiger partial charge in [-0.25, -0.2) is 9.18 Å². The van der Waals surface area contributed by atoms with Crippen molar-refractivity contribution >= 4 is 34.2 Å². The molecule has 0 aliphatic heterocycles. The van der Waals surface area contributed by atoms with Crippen LogP contribution in [0.15, 0.2) is 77.6 Å². The number of benzene rings is 3. The molecule has 0 aliphatic carbocycles. The summed E-state index contributed by atoms with van der Waals surface area (Å²) in [6.45, 7) is 2.24. The number of nitrogens with zero attached hydrogens (tertiary/aromatic N) is 1. The molecule has 4 aromatic rings. The van der Waals surface area contributed by atoms with Crippen molar-refractivity contribution in [3.63, 3.8) is 0 Å². The minimum Gasteiger partial charge on any atom is -0.322 e. The molecule has 2 amide bonds. The number of rotatable bonds is 5. The van der Waals surface area contributed by atoms with Gasteiger partial charge in [0.1, 0.15) is 5.82 Å². The summed E-state index contributed by atoms with van der Waals surface area (Å²) in [6.07, 6.45) is 0. The number of nitrogens with one attached hydrogen (secondary N) is 2. The fraction of sp³-hybridized carbons (Fsp3) is 0.120. The molecule has 7 heteroatoms. The Morgan fingerprint density at radius 3 is 2.47 bits per heavy atom. The second kappa shape index (κ2) is 9.24. The smallest absolute Gasteiger partial charge is 0.322 e. The zero-order valence-electron chi connectivity index (χ0n) is 17.4. The Labute approximate surface area is 189 Å². The van der Waals surface area contributed by atoms with Crippen LogP contribution in [0.3, 0.4) is 0 Å². The number of aryl methyl sites for hydroxylation is 1. The van der Waals surface area contributed by atoms with Crippen LogP contribution in [0.5, 0.6) is 0 Å². The number of carbonyl (C=O) groups excluding carboxylic acids is 1. The van der Waals surface area contributed by atoms with Gasteiger partial charge in [0.05, 0.1) is 6.54 Å². The van der Waals surface area contributed by atoms with Crippen molar-refractivity contribution in [3.05, 3.63) is 111 Å². The predicted molar refractivity (Wildman–Crippen MR) is 125 cm³/mol. The number of anilines is 1. The molecule has 0 saturated carbocycles. The predicted octanol–water partition coefficient (Wildman–Crippen LogP) is 5.86. The maximum Gasteiger partial charge on any atom is 0.322 e. The quantitative estimate of drug-likeness (QED) is 0.400. The van der Waals surface area contributed by atoms with Crippen LogP contribution in [0.2, 0.25) is 5.02 Å². The summed E-state index contributed by atoms with van der Waals surface area (Å²) in [5, 5.41) is 4.17. The summed E-state index contributed by atoms with van der Waals surface area (Å²) < 4.78 is 13.2. The molecule has 1 heterocycles. The lowest BCUT2D eigenvalue weighted by atomic mass is 10.1. The third-order valence-electron chi connectivity index (χ3n) is 5.14. The number of halogens is 2. The number of H-pyrrole nitrogens is 1. The molecule has 5 nitrogen and oxygen atoms in total. The van der Waals surface area contributed by atoms with E-state index in [1.807, 2.05) is 43.3 Å². The molecule has 0 bridgehead atoms. The lowest BCUT2D eigenvalue weighted by molar-refractivity contribution is 0.206. The van der Waals surface area contributed by atoms with E-state index in [0.29, 0.717) is 16.3 Å². The Balaban J connectivity index is 1.67. The van der Waals surface area contributed by atoms with Crippen LogP contribution >= 0.6 is 11.6 Å². The van der Waals surface area contributed by atoms with Gasteiger partial charge in [-0.3, -0.25) is 4.79 Å². The van der Waals surface area contributed by atoms with E-state index in [1.165, 1.54) is 29.2 Å². The molecule has 0 aliphatic rings. The van der Waals surface area contributed by atoms with Crippen molar-refractivity contribution in [1.82, 2.24) is 9.88 Å². The van der Waals surface area contributed by atoms with Crippen molar-refractivity contribution in [2.75, 3.05) is 5.32 Å². The number of hydrogen-bond acceptors (Lipinski definition) is 2. The third-order valence-corrected chi connectivity index (χ3v) is 5.51. The second-order valence-corrected chi connectivity index (χ2v) is 8.01. The van der Waals surface area contributed by atoms with Crippen molar-refractivity contribution < 1.29 is 9.18 Å². The van der Waals surface area contributed by atoms with Crippen LogP contribution in [-0.2, 0) is 13.1 Å². The molecular weight excluding hydrogens is 429 g/mol. The minimum atomic E-state index is -0.430. The first-order valence-electron chi connectivity index (χ1n) is 10.1. The third kappa shape index (κ3) is 4.98. The van der Waals surface area contributed by atoms with Gasteiger partial charge >= 0.3 is 6.03 Å². The number of amides is 2. The Bertz CT molecular complexity index is 1340. The van der Waals surface area contributed by atoms with Crippen molar-refractivity contribution in [1.29, 1.82) is 0 Å². The number of pyridine rings is 1. The van der Waals surface area contributed by atoms with Crippen molar-refractivity contribution in [2.24, 2.45) is 0 Å². The summed E-state index contributed by atoms with van der Waals surface area (Å²) in [4.78, 5) is 30.2. The largest absolute Gasteiger partial charge is 0.322 e. The van der Waals surface area contributed by atoms with Gasteiger partial charge in [0, 0.05) is 28.3 Å². The van der Waals surface area contributed by atoms with E-state index in [0.717, 1.165) is 22.0 Å². The van der Waals surface area contributed by atoms with Gasteiger partial charge in [-0.2, -0.15) is 0 Å². The van der Waals surface area contributed by atoms with Crippen molar-refractivity contribution in [2.45, 2.75) is 20.0 Å². The highest BCUT2D eigenvalue weighted by atomic mass is 35.5. The topological polar surface area (TPSA) is 65.2 Å². The Hall–Kier alpha value is -3.64. The molecular formula is C25H21ClFN3O2. The summed E-state index contributed by atoms with van der Waals surface area (Å²) in [5.41, 5.74) is 3.18. The highest BCUT2D eigenvalue weighted by molar-refractivity contribution is 6.31. The number of hydrogen-bond donors (Lipinski definition) is 2. The molecule has 3 aromatic carbocycles. The van der Waals surface area contributed by atoms with E-state index in [9.17, 15) is 14.0 Å².